The lowest BCUT2D eigenvalue weighted by molar-refractivity contribution is -0.386. The van der Waals surface area contributed by atoms with Gasteiger partial charge in [0.25, 0.3) is 5.69 Å². The van der Waals surface area contributed by atoms with E-state index in [0.29, 0.717) is 11.1 Å². The van der Waals surface area contributed by atoms with E-state index in [0.717, 1.165) is 0 Å². The summed E-state index contributed by atoms with van der Waals surface area (Å²) in [6.07, 6.45) is 0. The van der Waals surface area contributed by atoms with E-state index in [1.165, 1.54) is 0 Å². The molecule has 0 saturated heterocycles. The number of para-hydroxylation sites is 1. The Morgan fingerprint density at radius 2 is 2.21 bits per heavy atom. The van der Waals surface area contributed by atoms with Crippen LogP contribution in [0.4, 0.5) is 10.1 Å². The lowest BCUT2D eigenvalue weighted by atomic mass is 9.98. The summed E-state index contributed by atoms with van der Waals surface area (Å²) in [5, 5.41) is 10.7. The minimum atomic E-state index is -0.579. The average molecular weight is 197 g/mol. The summed E-state index contributed by atoms with van der Waals surface area (Å²) in [4.78, 5) is 10.3. The van der Waals surface area contributed by atoms with Crippen molar-refractivity contribution < 1.29 is 9.31 Å². The van der Waals surface area contributed by atoms with Crippen molar-refractivity contribution in [2.75, 3.05) is 6.67 Å². The highest BCUT2D eigenvalue weighted by Crippen LogP contribution is 2.29. The molecule has 0 heterocycles. The van der Waals surface area contributed by atoms with E-state index in [9.17, 15) is 14.5 Å². The van der Waals surface area contributed by atoms with Crippen LogP contribution in [0.25, 0.3) is 0 Å². The Balaban J connectivity index is 3.28. The maximum absolute atomic E-state index is 12.4. The minimum absolute atomic E-state index is 0.0395. The first-order valence-electron chi connectivity index (χ1n) is 4.37. The highest BCUT2D eigenvalue weighted by atomic mass is 19.1. The molecule has 76 valence electrons. The Labute approximate surface area is 81.7 Å². The van der Waals surface area contributed by atoms with E-state index in [-0.39, 0.29) is 5.69 Å². The van der Waals surface area contributed by atoms with Crippen LogP contribution in [0.1, 0.15) is 24.0 Å². The molecular formula is C10H12FNO2. The number of aryl methyl sites for hydroxylation is 1. The van der Waals surface area contributed by atoms with Crippen LogP contribution in [0.5, 0.6) is 0 Å². The zero-order valence-corrected chi connectivity index (χ0v) is 8.16. The molecule has 0 aliphatic rings. The molecule has 0 aromatic heterocycles. The molecule has 3 nitrogen and oxygen atoms in total. The molecule has 1 atom stereocenters. The molecule has 0 N–H and O–H groups in total. The van der Waals surface area contributed by atoms with Gasteiger partial charge in [-0.05, 0) is 6.92 Å². The van der Waals surface area contributed by atoms with Gasteiger partial charge in [0.2, 0.25) is 0 Å². The van der Waals surface area contributed by atoms with Gasteiger partial charge in [0.05, 0.1) is 11.6 Å². The molecule has 0 aliphatic carbocycles. The number of rotatable bonds is 3. The van der Waals surface area contributed by atoms with Crippen LogP contribution in [-0.4, -0.2) is 11.6 Å². The van der Waals surface area contributed by atoms with Crippen molar-refractivity contribution in [1.82, 2.24) is 0 Å². The fourth-order valence-corrected chi connectivity index (χ4v) is 1.41. The van der Waals surface area contributed by atoms with Gasteiger partial charge in [0, 0.05) is 17.0 Å². The Kier molecular flexibility index (Phi) is 3.17. The smallest absolute Gasteiger partial charge is 0.258 e. The zero-order chi connectivity index (χ0) is 10.7. The molecule has 14 heavy (non-hydrogen) atoms. The van der Waals surface area contributed by atoms with Crippen molar-refractivity contribution in [2.24, 2.45) is 0 Å². The molecule has 1 aromatic rings. The van der Waals surface area contributed by atoms with Crippen LogP contribution < -0.4 is 0 Å². The largest absolute Gasteiger partial charge is 0.275 e. The molecular weight excluding hydrogens is 185 g/mol. The Morgan fingerprint density at radius 3 is 2.71 bits per heavy atom. The third-order valence-corrected chi connectivity index (χ3v) is 2.21. The third-order valence-electron chi connectivity index (χ3n) is 2.21. The first kappa shape index (κ1) is 10.6. The monoisotopic (exact) mass is 197 g/mol. The summed E-state index contributed by atoms with van der Waals surface area (Å²) in [5.41, 5.74) is 1.09. The van der Waals surface area contributed by atoms with Gasteiger partial charge in [0.15, 0.2) is 0 Å². The van der Waals surface area contributed by atoms with Crippen LogP contribution in [0.15, 0.2) is 18.2 Å². The van der Waals surface area contributed by atoms with Crippen LogP contribution in [0.3, 0.4) is 0 Å². The van der Waals surface area contributed by atoms with E-state index in [1.807, 2.05) is 0 Å². The standard InChI is InChI=1S/C10H12FNO2/c1-7-4-3-5-9(8(2)6-11)10(7)12(13)14/h3-5,8H,6H2,1-2H3. The molecule has 0 saturated carbocycles. The molecule has 4 heteroatoms. The number of hydrogen-bond acceptors (Lipinski definition) is 2. The molecule has 0 amide bonds. The number of benzene rings is 1. The van der Waals surface area contributed by atoms with Crippen molar-refractivity contribution in [3.63, 3.8) is 0 Å². The summed E-state index contributed by atoms with van der Waals surface area (Å²) in [6.45, 7) is 2.72. The van der Waals surface area contributed by atoms with Crippen LogP contribution >= 0.6 is 0 Å². The van der Waals surface area contributed by atoms with Crippen molar-refractivity contribution in [3.8, 4) is 0 Å². The second-order valence-electron chi connectivity index (χ2n) is 3.33. The molecule has 0 fully saturated rings. The molecule has 0 spiro atoms. The molecule has 1 rings (SSSR count). The zero-order valence-electron chi connectivity index (χ0n) is 8.16. The van der Waals surface area contributed by atoms with Gasteiger partial charge < -0.3 is 0 Å². The highest BCUT2D eigenvalue weighted by molar-refractivity contribution is 5.48. The molecule has 0 radical (unpaired) electrons. The lowest BCUT2D eigenvalue weighted by Gasteiger charge is -2.09. The van der Waals surface area contributed by atoms with Gasteiger partial charge in [-0.3, -0.25) is 14.5 Å². The van der Waals surface area contributed by atoms with Gasteiger partial charge in [-0.1, -0.05) is 25.1 Å². The summed E-state index contributed by atoms with van der Waals surface area (Å²) < 4.78 is 12.4. The predicted molar refractivity (Wildman–Crippen MR) is 52.2 cm³/mol. The summed E-state index contributed by atoms with van der Waals surface area (Å²) in [7, 11) is 0. The second kappa shape index (κ2) is 4.17. The van der Waals surface area contributed by atoms with Gasteiger partial charge in [-0.25, -0.2) is 0 Å². The first-order chi connectivity index (χ1) is 6.57. The fraction of sp³-hybridized carbons (Fsp3) is 0.400. The Hall–Kier alpha value is -1.45. The lowest BCUT2D eigenvalue weighted by Crippen LogP contribution is -2.03. The number of alkyl halides is 1. The fourth-order valence-electron chi connectivity index (χ4n) is 1.41. The topological polar surface area (TPSA) is 43.1 Å². The summed E-state index contributed by atoms with van der Waals surface area (Å²) in [6, 6.07) is 4.98. The van der Waals surface area contributed by atoms with Gasteiger partial charge in [0.1, 0.15) is 0 Å². The summed E-state index contributed by atoms with van der Waals surface area (Å²) in [5.74, 6) is -0.421. The van der Waals surface area contributed by atoms with E-state index < -0.39 is 17.5 Å². The molecule has 0 bridgehead atoms. The van der Waals surface area contributed by atoms with Gasteiger partial charge in [-0.2, -0.15) is 0 Å². The Morgan fingerprint density at radius 1 is 1.57 bits per heavy atom. The van der Waals surface area contributed by atoms with Crippen LogP contribution in [0, 0.1) is 17.0 Å². The average Bonchev–Trinajstić information content (AvgIpc) is 2.15. The maximum Gasteiger partial charge on any atom is 0.275 e. The van der Waals surface area contributed by atoms with E-state index in [4.69, 9.17) is 0 Å². The summed E-state index contributed by atoms with van der Waals surface area (Å²) >= 11 is 0. The van der Waals surface area contributed by atoms with Crippen molar-refractivity contribution in [3.05, 3.63) is 39.4 Å². The van der Waals surface area contributed by atoms with Crippen LogP contribution in [-0.2, 0) is 0 Å². The van der Waals surface area contributed by atoms with E-state index >= 15 is 0 Å². The van der Waals surface area contributed by atoms with Gasteiger partial charge in [-0.15, -0.1) is 0 Å². The number of hydrogen-bond donors (Lipinski definition) is 0. The quantitative estimate of drug-likeness (QED) is 0.552. The maximum atomic E-state index is 12.4. The SMILES string of the molecule is Cc1cccc(C(C)CF)c1[N+](=O)[O-]. The predicted octanol–water partition coefficient (Wildman–Crippen LogP) is 2.98. The van der Waals surface area contributed by atoms with Gasteiger partial charge >= 0.3 is 0 Å². The van der Waals surface area contributed by atoms with Crippen molar-refractivity contribution in [2.45, 2.75) is 19.8 Å². The Bertz CT molecular complexity index is 352. The molecule has 0 aliphatic heterocycles. The van der Waals surface area contributed by atoms with Crippen molar-refractivity contribution >= 4 is 5.69 Å². The number of halogens is 1. The van der Waals surface area contributed by atoms with E-state index in [1.54, 1.807) is 32.0 Å². The van der Waals surface area contributed by atoms with E-state index in [2.05, 4.69) is 0 Å². The number of nitro benzene ring substituents is 1. The molecule has 1 aromatic carbocycles. The molecule has 1 unspecified atom stereocenters. The highest BCUT2D eigenvalue weighted by Gasteiger charge is 2.20. The first-order valence-corrected chi connectivity index (χ1v) is 4.37. The second-order valence-corrected chi connectivity index (χ2v) is 3.33. The number of nitrogens with zero attached hydrogens (tertiary/aromatic N) is 1. The van der Waals surface area contributed by atoms with Crippen molar-refractivity contribution in [1.29, 1.82) is 0 Å². The third kappa shape index (κ3) is 1.89. The number of nitro groups is 1. The normalized spacial score (nSPS) is 12.5. The minimum Gasteiger partial charge on any atom is -0.258 e. The van der Waals surface area contributed by atoms with Crippen LogP contribution in [0.2, 0.25) is 0 Å².